The maximum atomic E-state index is 12.5. The first-order chi connectivity index (χ1) is 12.6. The van der Waals surface area contributed by atoms with Gasteiger partial charge in [0.25, 0.3) is 0 Å². The van der Waals surface area contributed by atoms with Crippen LogP contribution in [-0.2, 0) is 9.53 Å². The van der Waals surface area contributed by atoms with E-state index in [4.69, 9.17) is 14.2 Å². The van der Waals surface area contributed by atoms with Gasteiger partial charge in [-0.15, -0.1) is 0 Å². The van der Waals surface area contributed by atoms with Crippen LogP contribution >= 0.6 is 0 Å². The Kier molecular flexibility index (Phi) is 5.22. The van der Waals surface area contributed by atoms with Crippen molar-refractivity contribution in [1.82, 2.24) is 0 Å². The number of hydrogen-bond acceptors (Lipinski definition) is 6. The van der Waals surface area contributed by atoms with Crippen LogP contribution in [0, 0.1) is 0 Å². The van der Waals surface area contributed by atoms with E-state index in [9.17, 15) is 9.59 Å². The van der Waals surface area contributed by atoms with E-state index in [-0.39, 0.29) is 18.1 Å². The summed E-state index contributed by atoms with van der Waals surface area (Å²) in [6, 6.07) is 12.2. The molecule has 6 nitrogen and oxygen atoms in total. The number of allylic oxidation sites excluding steroid dienone is 1. The summed E-state index contributed by atoms with van der Waals surface area (Å²) in [6.07, 6.45) is 1.59. The van der Waals surface area contributed by atoms with Crippen molar-refractivity contribution >= 4 is 17.8 Å². The summed E-state index contributed by atoms with van der Waals surface area (Å²) in [5.74, 6) is 1.03. The van der Waals surface area contributed by atoms with Gasteiger partial charge in [0.1, 0.15) is 17.2 Å². The largest absolute Gasteiger partial charge is 0.494 e. The number of methoxy groups -OCH3 is 1. The normalized spacial score (nSPS) is 13.9. The number of rotatable bonds is 6. The molecule has 0 radical (unpaired) electrons. The predicted octanol–water partition coefficient (Wildman–Crippen LogP) is 3.25. The van der Waals surface area contributed by atoms with Crippen LogP contribution in [-0.4, -0.2) is 32.1 Å². The number of para-hydroxylation sites is 1. The summed E-state index contributed by atoms with van der Waals surface area (Å²) >= 11 is 0. The molecule has 0 saturated carbocycles. The van der Waals surface area contributed by atoms with Gasteiger partial charge in [-0.2, -0.15) is 0 Å². The molecule has 0 saturated heterocycles. The molecule has 134 valence electrons. The van der Waals surface area contributed by atoms with E-state index in [0.29, 0.717) is 35.0 Å². The van der Waals surface area contributed by atoms with Crippen LogP contribution in [0.3, 0.4) is 0 Å². The smallest absolute Gasteiger partial charge is 0.343 e. The molecule has 0 unspecified atom stereocenters. The van der Waals surface area contributed by atoms with Crippen LogP contribution in [0.4, 0.5) is 0 Å². The van der Waals surface area contributed by atoms with Gasteiger partial charge in [-0.05, 0) is 31.2 Å². The molecule has 2 aromatic rings. The van der Waals surface area contributed by atoms with Crippen LogP contribution in [0.25, 0.3) is 6.08 Å². The predicted molar refractivity (Wildman–Crippen MR) is 94.5 cm³/mol. The van der Waals surface area contributed by atoms with E-state index in [0.717, 1.165) is 0 Å². The van der Waals surface area contributed by atoms with Crippen molar-refractivity contribution in [2.45, 2.75) is 6.92 Å². The lowest BCUT2D eigenvalue weighted by Gasteiger charge is -2.08. The molecule has 0 aromatic heterocycles. The van der Waals surface area contributed by atoms with Gasteiger partial charge in [0, 0.05) is 11.6 Å². The highest BCUT2D eigenvalue weighted by atomic mass is 16.6. The highest BCUT2D eigenvalue weighted by Gasteiger charge is 2.28. The molecule has 1 aliphatic heterocycles. The standard InChI is InChI=1S/C20H18O6/c1-3-24-14-8-9-15-17(11-14)26-18(20(15)22)10-13-6-4-5-7-16(13)25-12-19(21)23-2/h4-11H,3,12H2,1-2H3. The van der Waals surface area contributed by atoms with Crippen LogP contribution < -0.4 is 14.2 Å². The SMILES string of the molecule is CCOc1ccc2c(c1)OC(=Cc1ccccc1OCC(=O)OC)C2=O. The van der Waals surface area contributed by atoms with E-state index in [1.165, 1.54) is 7.11 Å². The van der Waals surface area contributed by atoms with Gasteiger partial charge in [-0.1, -0.05) is 18.2 Å². The van der Waals surface area contributed by atoms with Crippen molar-refractivity contribution in [2.24, 2.45) is 0 Å². The van der Waals surface area contributed by atoms with Crippen molar-refractivity contribution in [2.75, 3.05) is 20.3 Å². The molecule has 6 heteroatoms. The molecule has 0 amide bonds. The van der Waals surface area contributed by atoms with Gasteiger partial charge in [0.2, 0.25) is 5.78 Å². The first-order valence-electron chi connectivity index (χ1n) is 8.12. The zero-order valence-electron chi connectivity index (χ0n) is 14.5. The van der Waals surface area contributed by atoms with Gasteiger partial charge in [0.05, 0.1) is 19.3 Å². The van der Waals surface area contributed by atoms with Crippen LogP contribution in [0.2, 0.25) is 0 Å². The topological polar surface area (TPSA) is 71.1 Å². The maximum absolute atomic E-state index is 12.5. The number of esters is 1. The van der Waals surface area contributed by atoms with Crippen molar-refractivity contribution in [3.05, 3.63) is 59.4 Å². The number of benzene rings is 2. The summed E-state index contributed by atoms with van der Waals surface area (Å²) in [5, 5.41) is 0. The Labute approximate surface area is 150 Å². The van der Waals surface area contributed by atoms with Crippen LogP contribution in [0.5, 0.6) is 17.2 Å². The molecule has 2 aromatic carbocycles. The maximum Gasteiger partial charge on any atom is 0.343 e. The van der Waals surface area contributed by atoms with Crippen molar-refractivity contribution in [1.29, 1.82) is 0 Å². The highest BCUT2D eigenvalue weighted by Crippen LogP contribution is 2.35. The lowest BCUT2D eigenvalue weighted by molar-refractivity contribution is -0.142. The zero-order chi connectivity index (χ0) is 18.5. The van der Waals surface area contributed by atoms with E-state index >= 15 is 0 Å². The Morgan fingerprint density at radius 3 is 2.73 bits per heavy atom. The molecule has 0 fully saturated rings. The quantitative estimate of drug-likeness (QED) is 0.586. The second-order valence-electron chi connectivity index (χ2n) is 5.43. The van der Waals surface area contributed by atoms with Crippen molar-refractivity contribution in [3.8, 4) is 17.2 Å². The Morgan fingerprint density at radius 1 is 1.15 bits per heavy atom. The molecular weight excluding hydrogens is 336 g/mol. The number of carbonyl (C=O) groups excluding carboxylic acids is 2. The Balaban J connectivity index is 1.85. The Hall–Kier alpha value is -3.28. The van der Waals surface area contributed by atoms with Crippen molar-refractivity contribution in [3.63, 3.8) is 0 Å². The number of ketones is 1. The van der Waals surface area contributed by atoms with Gasteiger partial charge in [-0.25, -0.2) is 4.79 Å². The summed E-state index contributed by atoms with van der Waals surface area (Å²) in [5.41, 5.74) is 1.10. The molecule has 0 aliphatic carbocycles. The van der Waals surface area contributed by atoms with E-state index < -0.39 is 5.97 Å². The number of carbonyl (C=O) groups is 2. The third kappa shape index (κ3) is 3.69. The van der Waals surface area contributed by atoms with E-state index in [2.05, 4.69) is 4.74 Å². The van der Waals surface area contributed by atoms with Gasteiger partial charge >= 0.3 is 5.97 Å². The number of fused-ring (bicyclic) bond motifs is 1. The molecule has 1 aliphatic rings. The van der Waals surface area contributed by atoms with Crippen LogP contribution in [0.15, 0.2) is 48.2 Å². The minimum Gasteiger partial charge on any atom is -0.494 e. The fourth-order valence-corrected chi connectivity index (χ4v) is 2.49. The van der Waals surface area contributed by atoms with Gasteiger partial charge in [0.15, 0.2) is 12.4 Å². The van der Waals surface area contributed by atoms with Gasteiger partial charge in [-0.3, -0.25) is 4.79 Å². The zero-order valence-corrected chi connectivity index (χ0v) is 14.5. The molecule has 0 N–H and O–H groups in total. The Bertz CT molecular complexity index is 868. The third-order valence-electron chi connectivity index (χ3n) is 3.73. The first-order valence-corrected chi connectivity index (χ1v) is 8.12. The molecule has 3 rings (SSSR count). The average molecular weight is 354 g/mol. The molecule has 0 spiro atoms. The molecule has 0 bridgehead atoms. The summed E-state index contributed by atoms with van der Waals surface area (Å²) < 4.78 is 21.1. The number of Topliss-reactive ketones (excluding diaryl/α,β-unsaturated/α-hetero) is 1. The molecular formula is C20H18O6. The highest BCUT2D eigenvalue weighted by molar-refractivity contribution is 6.14. The second kappa shape index (κ2) is 7.74. The minimum absolute atomic E-state index is 0.183. The summed E-state index contributed by atoms with van der Waals surface area (Å²) in [6.45, 7) is 2.19. The monoisotopic (exact) mass is 354 g/mol. The first kappa shape index (κ1) is 17.5. The second-order valence-corrected chi connectivity index (χ2v) is 5.43. The average Bonchev–Trinajstić information content (AvgIpc) is 2.96. The molecule has 1 heterocycles. The molecule has 0 atom stereocenters. The fourth-order valence-electron chi connectivity index (χ4n) is 2.49. The number of hydrogen-bond donors (Lipinski definition) is 0. The molecule has 26 heavy (non-hydrogen) atoms. The van der Waals surface area contributed by atoms with Gasteiger partial charge < -0.3 is 18.9 Å². The Morgan fingerprint density at radius 2 is 1.96 bits per heavy atom. The third-order valence-corrected chi connectivity index (χ3v) is 3.73. The minimum atomic E-state index is -0.489. The lowest BCUT2D eigenvalue weighted by Crippen LogP contribution is -2.13. The van der Waals surface area contributed by atoms with E-state index in [1.807, 2.05) is 6.92 Å². The number of ether oxygens (including phenoxy) is 4. The van der Waals surface area contributed by atoms with E-state index in [1.54, 1.807) is 48.5 Å². The van der Waals surface area contributed by atoms with Crippen LogP contribution in [0.1, 0.15) is 22.8 Å². The summed E-state index contributed by atoms with van der Waals surface area (Å²) in [4.78, 5) is 23.8. The van der Waals surface area contributed by atoms with Crippen molar-refractivity contribution < 1.29 is 28.5 Å². The lowest BCUT2D eigenvalue weighted by atomic mass is 10.1. The summed E-state index contributed by atoms with van der Waals surface area (Å²) in [7, 11) is 1.29. The fraction of sp³-hybridized carbons (Fsp3) is 0.200.